The lowest BCUT2D eigenvalue weighted by molar-refractivity contribution is 0.224. The van der Waals surface area contributed by atoms with Crippen LogP contribution in [0.5, 0.6) is 0 Å². The molecule has 0 aliphatic rings. The Morgan fingerprint density at radius 3 is 2.65 bits per heavy atom. The third kappa shape index (κ3) is 4.15. The van der Waals surface area contributed by atoms with E-state index in [1.165, 1.54) is 11.6 Å². The largest absolute Gasteiger partial charge is 0.396 e. The molecule has 0 aliphatic heterocycles. The Hall–Kier alpha value is -1.19. The molecule has 2 aromatic carbocycles. The highest BCUT2D eigenvalue weighted by Gasteiger charge is 2.12. The average Bonchev–Trinajstić information content (AvgIpc) is 2.42. The van der Waals surface area contributed by atoms with Crippen LogP contribution in [-0.2, 0) is 12.8 Å². The number of benzene rings is 2. The Balaban J connectivity index is 2.11. The fourth-order valence-electron chi connectivity index (χ4n) is 2.37. The van der Waals surface area contributed by atoms with E-state index in [9.17, 15) is 9.50 Å². The van der Waals surface area contributed by atoms with Gasteiger partial charge in [-0.25, -0.2) is 4.39 Å². The third-order valence-corrected chi connectivity index (χ3v) is 3.98. The van der Waals surface area contributed by atoms with Crippen LogP contribution >= 0.6 is 15.9 Å². The normalized spacial score (nSPS) is 12.4. The van der Waals surface area contributed by atoms with E-state index in [1.807, 2.05) is 25.1 Å². The quantitative estimate of drug-likeness (QED) is 0.863. The fourth-order valence-corrected chi connectivity index (χ4v) is 2.82. The van der Waals surface area contributed by atoms with Crippen LogP contribution in [-0.4, -0.2) is 11.7 Å². The van der Waals surface area contributed by atoms with Gasteiger partial charge in [0.15, 0.2) is 0 Å². The monoisotopic (exact) mass is 336 g/mol. The summed E-state index contributed by atoms with van der Waals surface area (Å²) in [5.74, 6) is -0.116. The van der Waals surface area contributed by atoms with Crippen molar-refractivity contribution in [2.75, 3.05) is 6.61 Å². The van der Waals surface area contributed by atoms with Gasteiger partial charge >= 0.3 is 0 Å². The number of rotatable bonds is 5. The molecule has 0 saturated carbocycles. The van der Waals surface area contributed by atoms with Gasteiger partial charge in [-0.2, -0.15) is 0 Å². The Labute approximate surface area is 127 Å². The standard InChI is InChI=1S/C17H18BrFO/c1-12-5-6-17(19)10-15(12)8-14(11-20)7-13-3-2-4-16(18)9-13/h2-6,9-10,14,20H,7-8,11H2,1H3. The maximum Gasteiger partial charge on any atom is 0.123 e. The van der Waals surface area contributed by atoms with Crippen molar-refractivity contribution in [3.05, 3.63) is 69.4 Å². The first-order chi connectivity index (χ1) is 9.58. The highest BCUT2D eigenvalue weighted by molar-refractivity contribution is 9.10. The predicted molar refractivity (Wildman–Crippen MR) is 83.3 cm³/mol. The third-order valence-electron chi connectivity index (χ3n) is 3.49. The van der Waals surface area contributed by atoms with E-state index < -0.39 is 0 Å². The highest BCUT2D eigenvalue weighted by atomic mass is 79.9. The molecule has 0 aromatic heterocycles. The first kappa shape index (κ1) is 15.2. The number of aliphatic hydroxyl groups excluding tert-OH is 1. The van der Waals surface area contributed by atoms with E-state index in [0.717, 1.165) is 22.0 Å². The lowest BCUT2D eigenvalue weighted by atomic mass is 9.91. The molecule has 20 heavy (non-hydrogen) atoms. The average molecular weight is 337 g/mol. The number of aryl methyl sites for hydroxylation is 1. The lowest BCUT2D eigenvalue weighted by Gasteiger charge is -2.16. The molecule has 0 aliphatic carbocycles. The second kappa shape index (κ2) is 7.00. The molecule has 0 fully saturated rings. The second-order valence-corrected chi connectivity index (χ2v) is 6.07. The predicted octanol–water partition coefficient (Wildman–Crippen LogP) is 4.29. The summed E-state index contributed by atoms with van der Waals surface area (Å²) >= 11 is 3.45. The zero-order chi connectivity index (χ0) is 14.5. The molecular formula is C17H18BrFO. The molecule has 2 rings (SSSR count). The fraction of sp³-hybridized carbons (Fsp3) is 0.294. The van der Waals surface area contributed by atoms with Crippen molar-refractivity contribution < 1.29 is 9.50 Å². The number of halogens is 2. The van der Waals surface area contributed by atoms with Crippen molar-refractivity contribution in [2.24, 2.45) is 5.92 Å². The van der Waals surface area contributed by atoms with E-state index in [-0.39, 0.29) is 18.3 Å². The maximum atomic E-state index is 13.3. The van der Waals surface area contributed by atoms with E-state index in [4.69, 9.17) is 0 Å². The summed E-state index contributed by atoms with van der Waals surface area (Å²) in [5.41, 5.74) is 3.21. The van der Waals surface area contributed by atoms with Gasteiger partial charge in [-0.15, -0.1) is 0 Å². The minimum Gasteiger partial charge on any atom is -0.396 e. The summed E-state index contributed by atoms with van der Waals surface area (Å²) in [6.07, 6.45) is 1.47. The summed E-state index contributed by atoms with van der Waals surface area (Å²) in [6, 6.07) is 12.9. The van der Waals surface area contributed by atoms with E-state index in [0.29, 0.717) is 6.42 Å². The summed E-state index contributed by atoms with van der Waals surface area (Å²) in [7, 11) is 0. The Kier molecular flexibility index (Phi) is 5.32. The Morgan fingerprint density at radius 1 is 1.15 bits per heavy atom. The van der Waals surface area contributed by atoms with Gasteiger partial charge in [-0.3, -0.25) is 0 Å². The van der Waals surface area contributed by atoms with Crippen LogP contribution in [0.15, 0.2) is 46.9 Å². The van der Waals surface area contributed by atoms with Crippen LogP contribution < -0.4 is 0 Å². The van der Waals surface area contributed by atoms with E-state index in [2.05, 4.69) is 22.0 Å². The molecule has 0 saturated heterocycles. The minimum atomic E-state index is -0.218. The number of hydrogen-bond donors (Lipinski definition) is 1. The maximum absolute atomic E-state index is 13.3. The lowest BCUT2D eigenvalue weighted by Crippen LogP contribution is -2.14. The van der Waals surface area contributed by atoms with Gasteiger partial charge in [-0.1, -0.05) is 34.1 Å². The Bertz CT molecular complexity index is 583. The van der Waals surface area contributed by atoms with E-state index in [1.54, 1.807) is 12.1 Å². The van der Waals surface area contributed by atoms with Gasteiger partial charge in [0.2, 0.25) is 0 Å². The van der Waals surface area contributed by atoms with Gasteiger partial charge < -0.3 is 5.11 Å². The summed E-state index contributed by atoms with van der Waals surface area (Å²) in [6.45, 7) is 2.07. The van der Waals surface area contributed by atoms with Crippen molar-refractivity contribution in [2.45, 2.75) is 19.8 Å². The van der Waals surface area contributed by atoms with Crippen LogP contribution in [0.4, 0.5) is 4.39 Å². The molecule has 1 nitrogen and oxygen atoms in total. The SMILES string of the molecule is Cc1ccc(F)cc1CC(CO)Cc1cccc(Br)c1. The van der Waals surface area contributed by atoms with Crippen molar-refractivity contribution in [3.63, 3.8) is 0 Å². The van der Waals surface area contributed by atoms with Crippen molar-refractivity contribution in [1.82, 2.24) is 0 Å². The van der Waals surface area contributed by atoms with Crippen LogP contribution in [0.1, 0.15) is 16.7 Å². The molecule has 1 unspecified atom stereocenters. The van der Waals surface area contributed by atoms with Gasteiger partial charge in [-0.05, 0) is 66.6 Å². The number of hydrogen-bond acceptors (Lipinski definition) is 1. The molecule has 106 valence electrons. The molecular weight excluding hydrogens is 319 g/mol. The Morgan fingerprint density at radius 2 is 1.95 bits per heavy atom. The van der Waals surface area contributed by atoms with Crippen LogP contribution in [0, 0.1) is 18.7 Å². The molecule has 3 heteroatoms. The zero-order valence-electron chi connectivity index (χ0n) is 11.4. The van der Waals surface area contributed by atoms with Gasteiger partial charge in [0, 0.05) is 11.1 Å². The van der Waals surface area contributed by atoms with E-state index >= 15 is 0 Å². The van der Waals surface area contributed by atoms with Crippen molar-refractivity contribution in [1.29, 1.82) is 0 Å². The second-order valence-electron chi connectivity index (χ2n) is 5.16. The molecule has 0 bridgehead atoms. The van der Waals surface area contributed by atoms with Crippen LogP contribution in [0.3, 0.4) is 0 Å². The molecule has 0 amide bonds. The molecule has 1 N–H and O–H groups in total. The number of aliphatic hydroxyl groups is 1. The molecule has 2 aromatic rings. The van der Waals surface area contributed by atoms with Crippen LogP contribution in [0.2, 0.25) is 0 Å². The summed E-state index contributed by atoms with van der Waals surface area (Å²) in [4.78, 5) is 0. The van der Waals surface area contributed by atoms with Gasteiger partial charge in [0.1, 0.15) is 5.82 Å². The summed E-state index contributed by atoms with van der Waals surface area (Å²) < 4.78 is 14.3. The van der Waals surface area contributed by atoms with Gasteiger partial charge in [0.05, 0.1) is 0 Å². The molecule has 0 heterocycles. The zero-order valence-corrected chi connectivity index (χ0v) is 13.0. The van der Waals surface area contributed by atoms with Crippen LogP contribution in [0.25, 0.3) is 0 Å². The highest BCUT2D eigenvalue weighted by Crippen LogP contribution is 2.20. The van der Waals surface area contributed by atoms with Crippen molar-refractivity contribution >= 4 is 15.9 Å². The molecule has 0 radical (unpaired) electrons. The minimum absolute atomic E-state index is 0.0997. The summed E-state index contributed by atoms with van der Waals surface area (Å²) in [5, 5.41) is 9.57. The smallest absolute Gasteiger partial charge is 0.123 e. The van der Waals surface area contributed by atoms with Crippen molar-refractivity contribution in [3.8, 4) is 0 Å². The first-order valence-electron chi connectivity index (χ1n) is 6.69. The molecule has 0 spiro atoms. The first-order valence-corrected chi connectivity index (χ1v) is 7.48. The van der Waals surface area contributed by atoms with Gasteiger partial charge in [0.25, 0.3) is 0 Å². The molecule has 1 atom stereocenters. The topological polar surface area (TPSA) is 20.2 Å².